The van der Waals surface area contributed by atoms with E-state index in [4.69, 9.17) is 11.6 Å². The van der Waals surface area contributed by atoms with Gasteiger partial charge in [-0.1, -0.05) is 43.6 Å². The number of fused-ring (bicyclic) bond motifs is 1. The smallest absolute Gasteiger partial charge is 0.322 e. The van der Waals surface area contributed by atoms with Crippen LogP contribution in [0.15, 0.2) is 53.3 Å². The number of urea groups is 1. The fourth-order valence-electron chi connectivity index (χ4n) is 3.51. The number of rotatable bonds is 8. The average Bonchev–Trinajstić information content (AvgIpc) is 2.74. The lowest BCUT2D eigenvalue weighted by Crippen LogP contribution is -2.41. The third kappa shape index (κ3) is 6.09. The molecule has 2 amide bonds. The Labute approximate surface area is 187 Å². The van der Waals surface area contributed by atoms with E-state index in [-0.39, 0.29) is 18.1 Å². The van der Waals surface area contributed by atoms with Crippen molar-refractivity contribution < 1.29 is 4.79 Å². The number of nitrogens with one attached hydrogen (secondary N) is 2. The lowest BCUT2D eigenvalue weighted by atomic mass is 10.1. The molecule has 3 rings (SSSR count). The number of aromatic nitrogens is 1. The molecule has 0 radical (unpaired) electrons. The van der Waals surface area contributed by atoms with Gasteiger partial charge >= 0.3 is 6.03 Å². The summed E-state index contributed by atoms with van der Waals surface area (Å²) >= 11 is 6.05. The van der Waals surface area contributed by atoms with Gasteiger partial charge in [0.1, 0.15) is 0 Å². The zero-order valence-electron chi connectivity index (χ0n) is 18.2. The summed E-state index contributed by atoms with van der Waals surface area (Å²) in [5, 5.41) is 4.39. The third-order valence-electron chi connectivity index (χ3n) is 5.38. The summed E-state index contributed by atoms with van der Waals surface area (Å²) in [6.45, 7) is 9.41. The Hall–Kier alpha value is -2.83. The minimum absolute atomic E-state index is 0.179. The van der Waals surface area contributed by atoms with Crippen LogP contribution in [0.4, 0.5) is 10.5 Å². The number of halogens is 1. The number of carbonyl (C=O) groups excluding carboxylic acids is 1. The highest BCUT2D eigenvalue weighted by atomic mass is 35.5. The first-order valence-electron chi connectivity index (χ1n) is 10.6. The first-order valence-corrected chi connectivity index (χ1v) is 10.9. The molecule has 0 saturated carbocycles. The molecule has 0 aliphatic rings. The van der Waals surface area contributed by atoms with Crippen LogP contribution in [-0.2, 0) is 6.54 Å². The first kappa shape index (κ1) is 22.8. The van der Waals surface area contributed by atoms with Gasteiger partial charge in [-0.05, 0) is 61.3 Å². The monoisotopic (exact) mass is 440 g/mol. The maximum absolute atomic E-state index is 13.1. The van der Waals surface area contributed by atoms with Crippen LogP contribution in [0.25, 0.3) is 10.9 Å². The van der Waals surface area contributed by atoms with Gasteiger partial charge in [-0.3, -0.25) is 4.79 Å². The fourth-order valence-corrected chi connectivity index (χ4v) is 3.70. The van der Waals surface area contributed by atoms with Gasteiger partial charge < -0.3 is 20.1 Å². The summed E-state index contributed by atoms with van der Waals surface area (Å²) in [4.78, 5) is 32.7. The number of amides is 2. The van der Waals surface area contributed by atoms with Crippen LogP contribution < -0.4 is 10.9 Å². The summed E-state index contributed by atoms with van der Waals surface area (Å²) in [6, 6.07) is 14.6. The SMILES string of the molecule is CCN(CC)CCN(Cc1cc2ccc(C)cc2[nH]c1=O)C(=O)Nc1cccc(Cl)c1. The van der Waals surface area contributed by atoms with Crippen LogP contribution in [0.3, 0.4) is 0 Å². The van der Waals surface area contributed by atoms with E-state index in [1.54, 1.807) is 29.2 Å². The van der Waals surface area contributed by atoms with Crippen molar-refractivity contribution in [2.45, 2.75) is 27.3 Å². The third-order valence-corrected chi connectivity index (χ3v) is 5.62. The number of hydrogen-bond donors (Lipinski definition) is 2. The van der Waals surface area contributed by atoms with Gasteiger partial charge in [-0.25, -0.2) is 4.79 Å². The van der Waals surface area contributed by atoms with Gasteiger partial charge in [-0.15, -0.1) is 0 Å². The summed E-state index contributed by atoms with van der Waals surface area (Å²) in [6.07, 6.45) is 0. The van der Waals surface area contributed by atoms with Crippen LogP contribution in [0.1, 0.15) is 25.0 Å². The molecule has 164 valence electrons. The van der Waals surface area contributed by atoms with Crippen molar-refractivity contribution in [3.63, 3.8) is 0 Å². The van der Waals surface area contributed by atoms with Crippen molar-refractivity contribution in [1.82, 2.24) is 14.8 Å². The molecular formula is C24H29ClN4O2. The number of nitrogens with zero attached hydrogens (tertiary/aromatic N) is 2. The van der Waals surface area contributed by atoms with Crippen molar-refractivity contribution >= 4 is 34.2 Å². The standard InChI is InChI=1S/C24H29ClN4O2/c1-4-28(5-2)11-12-29(24(31)26-21-8-6-7-20(25)15-21)16-19-14-18-10-9-17(3)13-22(18)27-23(19)30/h6-10,13-15H,4-5,11-12,16H2,1-3H3,(H,26,31)(H,27,30). The molecule has 0 atom stereocenters. The number of H-pyrrole nitrogens is 1. The molecule has 0 spiro atoms. The van der Waals surface area contributed by atoms with Crippen molar-refractivity contribution in [2.24, 2.45) is 0 Å². The Morgan fingerprint density at radius 3 is 2.55 bits per heavy atom. The summed E-state index contributed by atoms with van der Waals surface area (Å²) in [7, 11) is 0. The Balaban J connectivity index is 1.85. The number of benzene rings is 2. The van der Waals surface area contributed by atoms with Crippen molar-refractivity contribution in [3.05, 3.63) is 75.0 Å². The lowest BCUT2D eigenvalue weighted by Gasteiger charge is -2.26. The molecule has 0 aliphatic heterocycles. The largest absolute Gasteiger partial charge is 0.322 e. The molecule has 31 heavy (non-hydrogen) atoms. The predicted octanol–water partition coefficient (Wildman–Crippen LogP) is 4.87. The molecule has 0 bridgehead atoms. The highest BCUT2D eigenvalue weighted by molar-refractivity contribution is 6.30. The zero-order valence-corrected chi connectivity index (χ0v) is 19.0. The van der Waals surface area contributed by atoms with E-state index in [1.807, 2.05) is 31.2 Å². The molecule has 0 fully saturated rings. The number of anilines is 1. The first-order chi connectivity index (χ1) is 14.9. The minimum atomic E-state index is -0.266. The van der Waals surface area contributed by atoms with Gasteiger partial charge in [-0.2, -0.15) is 0 Å². The van der Waals surface area contributed by atoms with E-state index >= 15 is 0 Å². The normalized spacial score (nSPS) is 11.1. The van der Waals surface area contributed by atoms with Gasteiger partial charge in [0.25, 0.3) is 5.56 Å². The summed E-state index contributed by atoms with van der Waals surface area (Å²) in [5.41, 5.74) is 2.87. The molecule has 0 unspecified atom stereocenters. The van der Waals surface area contributed by atoms with Gasteiger partial charge in [0, 0.05) is 34.9 Å². The quantitative estimate of drug-likeness (QED) is 0.525. The average molecular weight is 441 g/mol. The molecule has 3 aromatic rings. The summed E-state index contributed by atoms with van der Waals surface area (Å²) in [5.74, 6) is 0. The highest BCUT2D eigenvalue weighted by Crippen LogP contribution is 2.17. The van der Waals surface area contributed by atoms with E-state index in [0.717, 1.165) is 36.1 Å². The second-order valence-corrected chi connectivity index (χ2v) is 8.04. The molecule has 0 saturated heterocycles. The number of carbonyl (C=O) groups is 1. The zero-order chi connectivity index (χ0) is 22.4. The van der Waals surface area contributed by atoms with Crippen molar-refractivity contribution in [2.75, 3.05) is 31.5 Å². The maximum Gasteiger partial charge on any atom is 0.322 e. The van der Waals surface area contributed by atoms with E-state index in [0.29, 0.717) is 22.8 Å². The number of aryl methyl sites for hydroxylation is 1. The van der Waals surface area contributed by atoms with Gasteiger partial charge in [0.05, 0.1) is 6.54 Å². The number of aromatic amines is 1. The van der Waals surface area contributed by atoms with Gasteiger partial charge in [0.15, 0.2) is 0 Å². The Morgan fingerprint density at radius 2 is 1.84 bits per heavy atom. The molecule has 6 nitrogen and oxygen atoms in total. The van der Waals surface area contributed by atoms with Crippen LogP contribution in [-0.4, -0.2) is 47.0 Å². The van der Waals surface area contributed by atoms with E-state index < -0.39 is 0 Å². The van der Waals surface area contributed by atoms with Crippen LogP contribution in [0, 0.1) is 6.92 Å². The fraction of sp³-hybridized carbons (Fsp3) is 0.333. The van der Waals surface area contributed by atoms with Crippen LogP contribution in [0.5, 0.6) is 0 Å². The number of likely N-dealkylation sites (N-methyl/N-ethyl adjacent to an activating group) is 1. The Kier molecular flexibility index (Phi) is 7.71. The molecule has 2 aromatic carbocycles. The molecule has 2 N–H and O–H groups in total. The molecular weight excluding hydrogens is 412 g/mol. The minimum Gasteiger partial charge on any atom is -0.322 e. The number of hydrogen-bond acceptors (Lipinski definition) is 3. The lowest BCUT2D eigenvalue weighted by molar-refractivity contribution is 0.194. The molecule has 7 heteroatoms. The van der Waals surface area contributed by atoms with Crippen LogP contribution in [0.2, 0.25) is 5.02 Å². The highest BCUT2D eigenvalue weighted by Gasteiger charge is 2.17. The predicted molar refractivity (Wildman–Crippen MR) is 128 cm³/mol. The van der Waals surface area contributed by atoms with E-state index in [1.165, 1.54) is 0 Å². The topological polar surface area (TPSA) is 68.4 Å². The van der Waals surface area contributed by atoms with Crippen molar-refractivity contribution in [3.8, 4) is 0 Å². The van der Waals surface area contributed by atoms with Gasteiger partial charge in [0.2, 0.25) is 0 Å². The Bertz CT molecular complexity index is 1110. The van der Waals surface area contributed by atoms with Crippen LogP contribution >= 0.6 is 11.6 Å². The maximum atomic E-state index is 13.1. The second kappa shape index (κ2) is 10.5. The summed E-state index contributed by atoms with van der Waals surface area (Å²) < 4.78 is 0. The molecule has 1 aromatic heterocycles. The van der Waals surface area contributed by atoms with Crippen molar-refractivity contribution in [1.29, 1.82) is 0 Å². The van der Waals surface area contributed by atoms with E-state index in [2.05, 4.69) is 29.0 Å². The molecule has 0 aliphatic carbocycles. The Morgan fingerprint density at radius 1 is 1.06 bits per heavy atom. The number of pyridine rings is 1. The second-order valence-electron chi connectivity index (χ2n) is 7.60. The molecule has 1 heterocycles. The van der Waals surface area contributed by atoms with E-state index in [9.17, 15) is 9.59 Å².